The summed E-state index contributed by atoms with van der Waals surface area (Å²) in [5.74, 6) is 0.0472. The van der Waals surface area contributed by atoms with Gasteiger partial charge in [0.1, 0.15) is 0 Å². The minimum atomic E-state index is -3.49. The van der Waals surface area contributed by atoms with Crippen LogP contribution in [0.1, 0.15) is 30.9 Å². The maximum Gasteiger partial charge on any atom is 0.243 e. The number of nitrogens with zero attached hydrogens (tertiary/aromatic N) is 2. The minimum Gasteiger partial charge on any atom is -0.342 e. The van der Waals surface area contributed by atoms with E-state index in [1.54, 1.807) is 12.1 Å². The number of benzene rings is 2. The van der Waals surface area contributed by atoms with Crippen LogP contribution in [-0.4, -0.2) is 49.7 Å². The molecule has 1 heterocycles. The summed E-state index contributed by atoms with van der Waals surface area (Å²) in [5, 5.41) is 0. The van der Waals surface area contributed by atoms with Gasteiger partial charge in [-0.3, -0.25) is 4.79 Å². The maximum atomic E-state index is 13.0. The molecule has 156 valence electrons. The van der Waals surface area contributed by atoms with Gasteiger partial charge >= 0.3 is 0 Å². The number of amides is 1. The van der Waals surface area contributed by atoms with Gasteiger partial charge in [-0.25, -0.2) is 8.42 Å². The lowest BCUT2D eigenvalue weighted by atomic mass is 9.96. The van der Waals surface area contributed by atoms with E-state index in [9.17, 15) is 13.2 Å². The van der Waals surface area contributed by atoms with E-state index in [0.29, 0.717) is 43.9 Å². The van der Waals surface area contributed by atoms with Crippen molar-refractivity contribution in [1.82, 2.24) is 9.21 Å². The number of sulfonamides is 1. The number of carbonyl (C=O) groups is 1. The van der Waals surface area contributed by atoms with Gasteiger partial charge in [-0.2, -0.15) is 4.31 Å². The van der Waals surface area contributed by atoms with Crippen molar-refractivity contribution in [2.24, 2.45) is 5.92 Å². The second-order valence-corrected chi connectivity index (χ2v) is 9.58. The molecule has 0 saturated carbocycles. The largest absolute Gasteiger partial charge is 0.342 e. The zero-order chi connectivity index (χ0) is 20.9. The van der Waals surface area contributed by atoms with E-state index >= 15 is 0 Å². The van der Waals surface area contributed by atoms with Crippen molar-refractivity contribution in [3.63, 3.8) is 0 Å². The third-order valence-electron chi connectivity index (χ3n) is 5.67. The van der Waals surface area contributed by atoms with Crippen molar-refractivity contribution >= 4 is 15.9 Å². The molecule has 0 radical (unpaired) electrons. The van der Waals surface area contributed by atoms with E-state index in [0.717, 1.165) is 12.0 Å². The van der Waals surface area contributed by atoms with E-state index in [-0.39, 0.29) is 11.8 Å². The second kappa shape index (κ2) is 9.55. The SMILES string of the molecule is CCN(CCc1ccccc1)C(=O)C1CCN(S(=O)(=O)c2ccc(C)cc2)CC1. The highest BCUT2D eigenvalue weighted by molar-refractivity contribution is 7.89. The van der Waals surface area contributed by atoms with Gasteiger partial charge in [0.2, 0.25) is 15.9 Å². The highest BCUT2D eigenvalue weighted by Crippen LogP contribution is 2.25. The van der Waals surface area contributed by atoms with Crippen molar-refractivity contribution in [1.29, 1.82) is 0 Å². The zero-order valence-electron chi connectivity index (χ0n) is 17.3. The van der Waals surface area contributed by atoms with Crippen LogP contribution in [0.3, 0.4) is 0 Å². The molecule has 5 nitrogen and oxygen atoms in total. The Hall–Kier alpha value is -2.18. The molecule has 0 N–H and O–H groups in total. The molecular weight excluding hydrogens is 384 g/mol. The van der Waals surface area contributed by atoms with Crippen LogP contribution < -0.4 is 0 Å². The van der Waals surface area contributed by atoms with Crippen molar-refractivity contribution in [2.75, 3.05) is 26.2 Å². The van der Waals surface area contributed by atoms with Gasteiger partial charge in [0, 0.05) is 32.1 Å². The summed E-state index contributed by atoms with van der Waals surface area (Å²) in [6.07, 6.45) is 1.98. The van der Waals surface area contributed by atoms with Crippen molar-refractivity contribution in [3.8, 4) is 0 Å². The lowest BCUT2D eigenvalue weighted by Crippen LogP contribution is -2.44. The Kier molecular flexibility index (Phi) is 7.09. The van der Waals surface area contributed by atoms with Crippen molar-refractivity contribution in [2.45, 2.75) is 38.0 Å². The standard InChI is InChI=1S/C23H30N2O3S/c1-3-24(16-13-20-7-5-4-6-8-20)23(26)21-14-17-25(18-15-21)29(27,28)22-11-9-19(2)10-12-22/h4-12,21H,3,13-18H2,1-2H3. The Morgan fingerprint density at radius 1 is 1.03 bits per heavy atom. The van der Waals surface area contributed by atoms with Gasteiger partial charge in [0.15, 0.2) is 0 Å². The van der Waals surface area contributed by atoms with Gasteiger partial charge in [-0.15, -0.1) is 0 Å². The predicted molar refractivity (Wildman–Crippen MR) is 115 cm³/mol. The van der Waals surface area contributed by atoms with Crippen molar-refractivity contribution < 1.29 is 13.2 Å². The summed E-state index contributed by atoms with van der Waals surface area (Å²) in [6, 6.07) is 17.1. The summed E-state index contributed by atoms with van der Waals surface area (Å²) in [6.45, 7) is 6.09. The van der Waals surface area contributed by atoms with E-state index in [1.165, 1.54) is 9.87 Å². The van der Waals surface area contributed by atoms with Gasteiger partial charge in [-0.1, -0.05) is 48.0 Å². The normalized spacial score (nSPS) is 15.9. The van der Waals surface area contributed by atoms with Crippen LogP contribution in [-0.2, 0) is 21.2 Å². The smallest absolute Gasteiger partial charge is 0.243 e. The third-order valence-corrected chi connectivity index (χ3v) is 7.58. The highest BCUT2D eigenvalue weighted by Gasteiger charge is 2.33. The quantitative estimate of drug-likeness (QED) is 0.697. The molecule has 3 rings (SSSR count). The molecule has 1 saturated heterocycles. The molecule has 6 heteroatoms. The van der Waals surface area contributed by atoms with Crippen molar-refractivity contribution in [3.05, 3.63) is 65.7 Å². The summed E-state index contributed by atoms with van der Waals surface area (Å²) in [5.41, 5.74) is 2.25. The molecule has 0 aliphatic carbocycles. The van der Waals surface area contributed by atoms with Crippen LogP contribution in [0.5, 0.6) is 0 Å². The number of likely N-dealkylation sites (N-methyl/N-ethyl adjacent to an activating group) is 1. The predicted octanol–water partition coefficient (Wildman–Crippen LogP) is 3.49. The second-order valence-electron chi connectivity index (χ2n) is 7.64. The zero-order valence-corrected chi connectivity index (χ0v) is 18.1. The lowest BCUT2D eigenvalue weighted by molar-refractivity contribution is -0.136. The van der Waals surface area contributed by atoms with E-state index in [2.05, 4.69) is 12.1 Å². The Labute approximate surface area is 174 Å². The van der Waals surface area contributed by atoms with Gasteiger partial charge in [0.05, 0.1) is 4.90 Å². The summed E-state index contributed by atoms with van der Waals surface area (Å²) >= 11 is 0. The topological polar surface area (TPSA) is 57.7 Å². The van der Waals surface area contributed by atoms with Crippen LogP contribution in [0.25, 0.3) is 0 Å². The molecule has 1 aliphatic heterocycles. The molecule has 1 aliphatic rings. The average Bonchev–Trinajstić information content (AvgIpc) is 2.75. The van der Waals surface area contributed by atoms with Crippen LogP contribution in [0, 0.1) is 12.8 Å². The molecule has 0 bridgehead atoms. The number of rotatable bonds is 7. The fraction of sp³-hybridized carbons (Fsp3) is 0.435. The number of piperidine rings is 1. The molecule has 0 atom stereocenters. The summed E-state index contributed by atoms with van der Waals surface area (Å²) < 4.78 is 27.2. The van der Waals surface area contributed by atoms with Crippen LogP contribution in [0.4, 0.5) is 0 Å². The van der Waals surface area contributed by atoms with Gasteiger partial charge < -0.3 is 4.90 Å². The summed E-state index contributed by atoms with van der Waals surface area (Å²) in [7, 11) is -3.49. The van der Waals surface area contributed by atoms with Gasteiger partial charge in [0.25, 0.3) is 0 Å². The molecule has 2 aromatic carbocycles. The molecule has 1 amide bonds. The first kappa shape index (κ1) is 21.5. The Balaban J connectivity index is 1.57. The number of carbonyl (C=O) groups excluding carboxylic acids is 1. The molecule has 29 heavy (non-hydrogen) atoms. The minimum absolute atomic E-state index is 0.102. The number of hydrogen-bond donors (Lipinski definition) is 0. The first-order chi connectivity index (χ1) is 13.9. The Morgan fingerprint density at radius 2 is 1.66 bits per heavy atom. The molecular formula is C23H30N2O3S. The van der Waals surface area contributed by atoms with E-state index < -0.39 is 10.0 Å². The van der Waals surface area contributed by atoms with Gasteiger partial charge in [-0.05, 0) is 50.8 Å². The monoisotopic (exact) mass is 414 g/mol. The Bertz CT molecular complexity index is 903. The van der Waals surface area contributed by atoms with Crippen LogP contribution in [0.15, 0.2) is 59.5 Å². The first-order valence-corrected chi connectivity index (χ1v) is 11.8. The fourth-order valence-corrected chi connectivity index (χ4v) is 5.26. The van der Waals surface area contributed by atoms with Crippen LogP contribution >= 0.6 is 0 Å². The molecule has 2 aromatic rings. The highest BCUT2D eigenvalue weighted by atomic mass is 32.2. The molecule has 1 fully saturated rings. The molecule has 0 unspecified atom stereocenters. The van der Waals surface area contributed by atoms with E-state index in [1.807, 2.05) is 49.1 Å². The Morgan fingerprint density at radius 3 is 2.24 bits per heavy atom. The average molecular weight is 415 g/mol. The molecule has 0 spiro atoms. The number of aryl methyl sites for hydroxylation is 1. The summed E-state index contributed by atoms with van der Waals surface area (Å²) in [4.78, 5) is 15.2. The fourth-order valence-electron chi connectivity index (χ4n) is 3.79. The molecule has 0 aromatic heterocycles. The lowest BCUT2D eigenvalue weighted by Gasteiger charge is -2.33. The third kappa shape index (κ3) is 5.25. The maximum absolute atomic E-state index is 13.0. The van der Waals surface area contributed by atoms with Crippen LogP contribution in [0.2, 0.25) is 0 Å². The first-order valence-electron chi connectivity index (χ1n) is 10.3. The van der Waals surface area contributed by atoms with E-state index in [4.69, 9.17) is 0 Å². The number of hydrogen-bond acceptors (Lipinski definition) is 3.